The van der Waals surface area contributed by atoms with Crippen LogP contribution in [0.4, 0.5) is 0 Å². The Balaban J connectivity index is 1.99. The number of halogens is 1. The Morgan fingerprint density at radius 3 is 2.56 bits per heavy atom. The zero-order valence-electron chi connectivity index (χ0n) is 9.90. The van der Waals surface area contributed by atoms with E-state index in [4.69, 9.17) is 0 Å². The largest absolute Gasteiger partial charge is 0.507 e. The molecule has 0 radical (unpaired) electrons. The highest BCUT2D eigenvalue weighted by Gasteiger charge is 2.26. The van der Waals surface area contributed by atoms with Crippen molar-refractivity contribution in [1.29, 1.82) is 0 Å². The van der Waals surface area contributed by atoms with Crippen molar-refractivity contribution in [2.24, 2.45) is 5.92 Å². The van der Waals surface area contributed by atoms with Gasteiger partial charge in [-0.1, -0.05) is 28.4 Å². The summed E-state index contributed by atoms with van der Waals surface area (Å²) in [4.78, 5) is 12.3. The van der Waals surface area contributed by atoms with E-state index < -0.39 is 5.91 Å². The van der Waals surface area contributed by atoms with Crippen LogP contribution in [0.15, 0.2) is 18.2 Å². The van der Waals surface area contributed by atoms with Crippen LogP contribution in [0.25, 0.3) is 0 Å². The molecule has 1 aliphatic carbocycles. The van der Waals surface area contributed by atoms with Crippen LogP contribution in [-0.2, 0) is 0 Å². The molecule has 4 nitrogen and oxygen atoms in total. The number of amides is 1. The fraction of sp³-hybridized carbons (Fsp3) is 0.462. The van der Waals surface area contributed by atoms with E-state index in [9.17, 15) is 15.0 Å². The van der Waals surface area contributed by atoms with Crippen molar-refractivity contribution in [2.75, 3.05) is 6.54 Å². The van der Waals surface area contributed by atoms with Gasteiger partial charge >= 0.3 is 0 Å². The minimum absolute atomic E-state index is 0.0541. The number of carbonyl (C=O) groups excluding carboxylic acids is 1. The van der Waals surface area contributed by atoms with Crippen LogP contribution in [0.3, 0.4) is 0 Å². The zero-order valence-corrected chi connectivity index (χ0v) is 11.5. The first-order valence-electron chi connectivity index (χ1n) is 6.03. The van der Waals surface area contributed by atoms with Crippen LogP contribution < -0.4 is 5.32 Å². The highest BCUT2D eigenvalue weighted by atomic mass is 79.9. The van der Waals surface area contributed by atoms with Crippen LogP contribution in [-0.4, -0.2) is 27.5 Å². The zero-order chi connectivity index (χ0) is 13.1. The van der Waals surface area contributed by atoms with E-state index in [0.717, 1.165) is 19.3 Å². The van der Waals surface area contributed by atoms with Crippen molar-refractivity contribution < 1.29 is 15.0 Å². The van der Waals surface area contributed by atoms with E-state index in [1.54, 1.807) is 0 Å². The molecule has 0 saturated heterocycles. The van der Waals surface area contributed by atoms with E-state index >= 15 is 0 Å². The van der Waals surface area contributed by atoms with E-state index in [1.165, 1.54) is 18.2 Å². The first kappa shape index (κ1) is 13.2. The summed E-state index contributed by atoms with van der Waals surface area (Å²) in [6.07, 6.45) is 3.38. The van der Waals surface area contributed by atoms with E-state index in [2.05, 4.69) is 21.2 Å². The molecule has 2 unspecified atom stereocenters. The summed E-state index contributed by atoms with van der Waals surface area (Å²) in [6.45, 7) is 0.558. The quantitative estimate of drug-likeness (QED) is 0.750. The molecule has 0 heterocycles. The lowest BCUT2D eigenvalue weighted by Crippen LogP contribution is -2.31. The molecular formula is C13H16BrNO3. The molecule has 0 bridgehead atoms. The molecule has 0 aromatic heterocycles. The lowest BCUT2D eigenvalue weighted by atomic mass is 10.1. The minimum atomic E-state index is -0.433. The number of aromatic hydroxyl groups is 2. The molecule has 1 amide bonds. The summed E-state index contributed by atoms with van der Waals surface area (Å²) in [5.41, 5.74) is -0.0541. The van der Waals surface area contributed by atoms with Crippen LogP contribution in [0, 0.1) is 5.92 Å². The number of phenolic OH excluding ortho intramolecular Hbond substituents is 2. The predicted octanol–water partition coefficient (Wildman–Crippen LogP) is 2.39. The van der Waals surface area contributed by atoms with Gasteiger partial charge in [-0.15, -0.1) is 0 Å². The smallest absolute Gasteiger partial charge is 0.258 e. The number of nitrogens with one attached hydrogen (secondary N) is 1. The standard InChI is InChI=1S/C13H16BrNO3/c14-9-4-1-3-8(9)7-15-13(18)12-10(16)5-2-6-11(12)17/h2,5-6,8-9,16-17H,1,3-4,7H2,(H,15,18). The summed E-state index contributed by atoms with van der Waals surface area (Å²) in [5, 5.41) is 21.9. The molecule has 98 valence electrons. The van der Waals surface area contributed by atoms with Gasteiger partial charge in [0.15, 0.2) is 0 Å². The predicted molar refractivity (Wildman–Crippen MR) is 72.2 cm³/mol. The van der Waals surface area contributed by atoms with Gasteiger partial charge in [0.2, 0.25) is 0 Å². The van der Waals surface area contributed by atoms with E-state index in [0.29, 0.717) is 17.3 Å². The fourth-order valence-corrected chi connectivity index (χ4v) is 3.07. The van der Waals surface area contributed by atoms with Gasteiger partial charge in [-0.05, 0) is 30.9 Å². The number of alkyl halides is 1. The lowest BCUT2D eigenvalue weighted by Gasteiger charge is -2.15. The average molecular weight is 314 g/mol. The highest BCUT2D eigenvalue weighted by Crippen LogP contribution is 2.31. The maximum atomic E-state index is 11.9. The van der Waals surface area contributed by atoms with Crippen molar-refractivity contribution in [3.8, 4) is 11.5 Å². The summed E-state index contributed by atoms with van der Waals surface area (Å²) < 4.78 is 0. The third-order valence-electron chi connectivity index (χ3n) is 3.34. The molecule has 1 saturated carbocycles. The number of hydrogen-bond acceptors (Lipinski definition) is 3. The molecule has 3 N–H and O–H groups in total. The van der Waals surface area contributed by atoms with Crippen LogP contribution in [0.1, 0.15) is 29.6 Å². The second-order valence-electron chi connectivity index (χ2n) is 4.59. The van der Waals surface area contributed by atoms with Crippen molar-refractivity contribution in [3.05, 3.63) is 23.8 Å². The van der Waals surface area contributed by atoms with E-state index in [1.807, 2.05) is 0 Å². The Morgan fingerprint density at radius 2 is 2.00 bits per heavy atom. The molecule has 18 heavy (non-hydrogen) atoms. The lowest BCUT2D eigenvalue weighted by molar-refractivity contribution is 0.0942. The Hall–Kier alpha value is -1.23. The normalized spacial score (nSPS) is 22.9. The Morgan fingerprint density at radius 1 is 1.33 bits per heavy atom. The summed E-state index contributed by atoms with van der Waals surface area (Å²) in [6, 6.07) is 4.27. The van der Waals surface area contributed by atoms with Gasteiger partial charge in [0.25, 0.3) is 5.91 Å². The maximum Gasteiger partial charge on any atom is 0.258 e. The van der Waals surface area contributed by atoms with Gasteiger partial charge in [-0.2, -0.15) is 0 Å². The van der Waals surface area contributed by atoms with Gasteiger partial charge < -0.3 is 15.5 Å². The van der Waals surface area contributed by atoms with E-state index in [-0.39, 0.29) is 17.1 Å². The maximum absolute atomic E-state index is 11.9. The monoisotopic (exact) mass is 313 g/mol. The van der Waals surface area contributed by atoms with Gasteiger partial charge in [0, 0.05) is 11.4 Å². The molecule has 2 atom stereocenters. The minimum Gasteiger partial charge on any atom is -0.507 e. The van der Waals surface area contributed by atoms with Crippen LogP contribution in [0.2, 0.25) is 0 Å². The van der Waals surface area contributed by atoms with Gasteiger partial charge in [0.05, 0.1) is 0 Å². The number of benzene rings is 1. The SMILES string of the molecule is O=C(NCC1CCCC1Br)c1c(O)cccc1O. The molecule has 1 aliphatic rings. The Bertz CT molecular complexity index is 430. The van der Waals surface area contributed by atoms with Gasteiger partial charge in [-0.3, -0.25) is 4.79 Å². The molecule has 1 aromatic carbocycles. The first-order valence-corrected chi connectivity index (χ1v) is 6.94. The molecule has 1 aromatic rings. The highest BCUT2D eigenvalue weighted by molar-refractivity contribution is 9.09. The number of phenols is 2. The average Bonchev–Trinajstić information content (AvgIpc) is 2.72. The topological polar surface area (TPSA) is 69.6 Å². The fourth-order valence-electron chi connectivity index (χ4n) is 2.29. The third kappa shape index (κ3) is 2.77. The third-order valence-corrected chi connectivity index (χ3v) is 4.54. The van der Waals surface area contributed by atoms with Gasteiger partial charge in [-0.25, -0.2) is 0 Å². The summed E-state index contributed by atoms with van der Waals surface area (Å²) in [5.74, 6) is -0.414. The van der Waals surface area contributed by atoms with Crippen molar-refractivity contribution in [1.82, 2.24) is 5.32 Å². The molecule has 2 rings (SSSR count). The first-order chi connectivity index (χ1) is 8.59. The number of hydrogen-bond donors (Lipinski definition) is 3. The molecular weight excluding hydrogens is 298 g/mol. The second kappa shape index (κ2) is 5.61. The second-order valence-corrected chi connectivity index (χ2v) is 5.76. The van der Waals surface area contributed by atoms with Crippen LogP contribution in [0.5, 0.6) is 11.5 Å². The van der Waals surface area contributed by atoms with Crippen LogP contribution >= 0.6 is 15.9 Å². The van der Waals surface area contributed by atoms with Crippen molar-refractivity contribution in [3.63, 3.8) is 0 Å². The molecule has 5 heteroatoms. The van der Waals surface area contributed by atoms with Crippen molar-refractivity contribution in [2.45, 2.75) is 24.1 Å². The van der Waals surface area contributed by atoms with Gasteiger partial charge in [0.1, 0.15) is 17.1 Å². The molecule has 0 spiro atoms. The summed E-state index contributed by atoms with van der Waals surface area (Å²) in [7, 11) is 0. The number of carbonyl (C=O) groups is 1. The molecule has 1 fully saturated rings. The van der Waals surface area contributed by atoms with Crippen molar-refractivity contribution >= 4 is 21.8 Å². The Labute approximate surface area is 114 Å². The molecule has 0 aliphatic heterocycles. The Kier molecular flexibility index (Phi) is 4.11. The summed E-state index contributed by atoms with van der Waals surface area (Å²) >= 11 is 3.59. The number of rotatable bonds is 3.